The number of sulfone groups is 1. The number of benzene rings is 2. The Morgan fingerprint density at radius 2 is 1.74 bits per heavy atom. The van der Waals surface area contributed by atoms with Crippen molar-refractivity contribution in [1.82, 2.24) is 4.90 Å². The zero-order valence-electron chi connectivity index (χ0n) is 17.5. The van der Waals surface area contributed by atoms with E-state index in [4.69, 9.17) is 21.1 Å². The Balaban J connectivity index is 1.56. The molecule has 2 aliphatic heterocycles. The summed E-state index contributed by atoms with van der Waals surface area (Å²) in [5.74, 6) is 1.16. The first-order valence-electron chi connectivity index (χ1n) is 10.0. The molecule has 2 saturated heterocycles. The molecule has 0 bridgehead atoms. The van der Waals surface area contributed by atoms with Gasteiger partial charge in [0.2, 0.25) is 5.91 Å². The third-order valence-corrected chi connectivity index (χ3v) is 7.96. The fraction of sp³-hybridized carbons (Fsp3) is 0.409. The van der Waals surface area contributed by atoms with E-state index in [1.54, 1.807) is 30.2 Å². The molecule has 0 unspecified atom stereocenters. The smallest absolute Gasteiger partial charge is 0.241 e. The third-order valence-electron chi connectivity index (χ3n) is 5.96. The molecular formula is C22H25ClN2O5S. The van der Waals surface area contributed by atoms with Crippen LogP contribution in [0.25, 0.3) is 0 Å². The van der Waals surface area contributed by atoms with Gasteiger partial charge in [0.05, 0.1) is 43.3 Å². The number of carbonyl (C=O) groups excluding carboxylic acids is 1. The van der Waals surface area contributed by atoms with E-state index >= 15 is 0 Å². The number of ether oxygens (including phenoxy) is 2. The van der Waals surface area contributed by atoms with Gasteiger partial charge in [-0.05, 0) is 42.3 Å². The number of hydrogen-bond donors (Lipinski definition) is 0. The number of amides is 1. The van der Waals surface area contributed by atoms with Crippen molar-refractivity contribution in [2.45, 2.75) is 18.5 Å². The van der Waals surface area contributed by atoms with E-state index in [0.717, 1.165) is 17.7 Å². The van der Waals surface area contributed by atoms with Crippen LogP contribution in [0.1, 0.15) is 5.56 Å². The minimum atomic E-state index is -3.25. The summed E-state index contributed by atoms with van der Waals surface area (Å²) in [4.78, 5) is 16.7. The highest BCUT2D eigenvalue weighted by atomic mass is 35.5. The van der Waals surface area contributed by atoms with Gasteiger partial charge >= 0.3 is 0 Å². The first-order chi connectivity index (χ1) is 14.8. The molecule has 0 saturated carbocycles. The molecule has 0 aromatic heterocycles. The minimum Gasteiger partial charge on any atom is -0.497 e. The van der Waals surface area contributed by atoms with Gasteiger partial charge in [-0.1, -0.05) is 23.7 Å². The van der Waals surface area contributed by atoms with E-state index in [2.05, 4.69) is 0 Å². The maximum Gasteiger partial charge on any atom is 0.241 e. The highest BCUT2D eigenvalue weighted by Crippen LogP contribution is 2.35. The van der Waals surface area contributed by atoms with Gasteiger partial charge in [0.1, 0.15) is 11.5 Å². The van der Waals surface area contributed by atoms with Crippen molar-refractivity contribution in [3.8, 4) is 11.5 Å². The molecule has 9 heteroatoms. The Morgan fingerprint density at radius 3 is 2.39 bits per heavy atom. The molecule has 0 aliphatic carbocycles. The number of carbonyl (C=O) groups is 1. The molecular weight excluding hydrogens is 440 g/mol. The molecule has 0 N–H and O–H groups in total. The summed E-state index contributed by atoms with van der Waals surface area (Å²) < 4.78 is 35.4. The Morgan fingerprint density at radius 1 is 1.03 bits per heavy atom. The second-order valence-corrected chi connectivity index (χ2v) is 10.4. The molecule has 2 atom stereocenters. The summed E-state index contributed by atoms with van der Waals surface area (Å²) in [5, 5.41) is 0.382. The second kappa shape index (κ2) is 8.68. The highest BCUT2D eigenvalue weighted by molar-refractivity contribution is 7.91. The van der Waals surface area contributed by atoms with Crippen LogP contribution in [0.4, 0.5) is 5.69 Å². The van der Waals surface area contributed by atoms with Gasteiger partial charge in [0.25, 0.3) is 0 Å². The maximum absolute atomic E-state index is 13.1. The average molecular weight is 465 g/mol. The molecule has 4 rings (SSSR count). The van der Waals surface area contributed by atoms with E-state index < -0.39 is 15.9 Å². The van der Waals surface area contributed by atoms with E-state index in [9.17, 15) is 13.2 Å². The van der Waals surface area contributed by atoms with Gasteiger partial charge < -0.3 is 14.4 Å². The number of hydrogen-bond acceptors (Lipinski definition) is 6. The van der Waals surface area contributed by atoms with Crippen LogP contribution in [0.5, 0.6) is 11.5 Å². The van der Waals surface area contributed by atoms with Crippen molar-refractivity contribution < 1.29 is 22.7 Å². The van der Waals surface area contributed by atoms with Gasteiger partial charge in [-0.15, -0.1) is 0 Å². The first-order valence-corrected chi connectivity index (χ1v) is 12.2. The van der Waals surface area contributed by atoms with Crippen LogP contribution in [0.3, 0.4) is 0 Å². The quantitative estimate of drug-likeness (QED) is 0.653. The van der Waals surface area contributed by atoms with E-state index in [0.29, 0.717) is 23.0 Å². The number of halogens is 1. The Labute approximate surface area is 187 Å². The summed E-state index contributed by atoms with van der Waals surface area (Å²) in [6.07, 6.45) is 0.717. The van der Waals surface area contributed by atoms with E-state index in [1.807, 2.05) is 29.2 Å². The normalized spacial score (nSPS) is 22.9. The lowest BCUT2D eigenvalue weighted by molar-refractivity contribution is -0.123. The van der Waals surface area contributed by atoms with Gasteiger partial charge in [0, 0.05) is 18.3 Å². The molecule has 0 spiro atoms. The summed E-state index contributed by atoms with van der Waals surface area (Å²) in [5.41, 5.74) is 1.70. The average Bonchev–Trinajstić information content (AvgIpc) is 3.07. The second-order valence-electron chi connectivity index (χ2n) is 7.86. The van der Waals surface area contributed by atoms with Crippen molar-refractivity contribution in [1.29, 1.82) is 0 Å². The minimum absolute atomic E-state index is 0.0495. The lowest BCUT2D eigenvalue weighted by Gasteiger charge is -2.43. The fourth-order valence-electron chi connectivity index (χ4n) is 4.41. The summed E-state index contributed by atoms with van der Waals surface area (Å²) in [7, 11) is -0.108. The standard InChI is InChI=1S/C22H25ClN2O5S/c1-29-17-6-3-15(4-7-17)9-10-24-12-22(26)25(20-14-31(27,28)13-19(20)24)16-5-8-21(30-2)18(23)11-16/h3-8,11,19-20H,9-10,12-14H2,1-2H3/t19-,20+/m0/s1. The topological polar surface area (TPSA) is 76.2 Å². The predicted molar refractivity (Wildman–Crippen MR) is 120 cm³/mol. The number of methoxy groups -OCH3 is 2. The summed E-state index contributed by atoms with van der Waals surface area (Å²) in [6.45, 7) is 0.766. The molecule has 2 fully saturated rings. The van der Waals surface area contributed by atoms with Crippen LogP contribution in [0.15, 0.2) is 42.5 Å². The number of anilines is 1. The first kappa shape index (κ1) is 21.9. The van der Waals surface area contributed by atoms with Crippen LogP contribution < -0.4 is 14.4 Å². The highest BCUT2D eigenvalue weighted by Gasteiger charge is 2.49. The lowest BCUT2D eigenvalue weighted by Crippen LogP contribution is -2.62. The number of piperazine rings is 1. The van der Waals surface area contributed by atoms with Crippen LogP contribution in [-0.4, -0.2) is 70.1 Å². The van der Waals surface area contributed by atoms with Crippen LogP contribution in [0, 0.1) is 0 Å². The van der Waals surface area contributed by atoms with Crippen LogP contribution in [0.2, 0.25) is 5.02 Å². The SMILES string of the molecule is COc1ccc(CCN2CC(=O)N(c3ccc(OC)c(Cl)c3)[C@@H]3CS(=O)(=O)C[C@@H]32)cc1. The Bertz CT molecular complexity index is 1070. The van der Waals surface area contributed by atoms with E-state index in [1.165, 1.54) is 7.11 Å². The molecule has 2 aromatic carbocycles. The summed E-state index contributed by atoms with van der Waals surface area (Å²) in [6, 6.07) is 12.2. The monoisotopic (exact) mass is 464 g/mol. The predicted octanol–water partition coefficient (Wildman–Crippen LogP) is 2.41. The number of fused-ring (bicyclic) bond motifs is 1. The molecule has 1 amide bonds. The van der Waals surface area contributed by atoms with Crippen LogP contribution >= 0.6 is 11.6 Å². The lowest BCUT2D eigenvalue weighted by atomic mass is 10.0. The van der Waals surface area contributed by atoms with Crippen molar-refractivity contribution in [2.75, 3.05) is 43.7 Å². The molecule has 2 aromatic rings. The zero-order valence-corrected chi connectivity index (χ0v) is 19.0. The molecule has 0 radical (unpaired) electrons. The van der Waals surface area contributed by atoms with Crippen LogP contribution in [-0.2, 0) is 21.1 Å². The molecule has 7 nitrogen and oxygen atoms in total. The molecule has 2 aliphatic rings. The third kappa shape index (κ3) is 4.51. The van der Waals surface area contributed by atoms with Crippen molar-refractivity contribution in [3.05, 3.63) is 53.1 Å². The molecule has 31 heavy (non-hydrogen) atoms. The zero-order chi connectivity index (χ0) is 22.2. The summed E-state index contributed by atoms with van der Waals surface area (Å²) >= 11 is 6.26. The Kier molecular flexibility index (Phi) is 6.14. The number of nitrogens with zero attached hydrogens (tertiary/aromatic N) is 2. The number of rotatable bonds is 6. The van der Waals surface area contributed by atoms with E-state index in [-0.39, 0.29) is 30.0 Å². The largest absolute Gasteiger partial charge is 0.497 e. The van der Waals surface area contributed by atoms with Crippen molar-refractivity contribution in [3.63, 3.8) is 0 Å². The molecule has 2 heterocycles. The maximum atomic E-state index is 13.1. The van der Waals surface area contributed by atoms with Gasteiger partial charge in [0.15, 0.2) is 9.84 Å². The molecule has 166 valence electrons. The van der Waals surface area contributed by atoms with Crippen molar-refractivity contribution >= 4 is 33.0 Å². The fourth-order valence-corrected chi connectivity index (χ4v) is 6.64. The Hall–Kier alpha value is -2.29. The van der Waals surface area contributed by atoms with Crippen molar-refractivity contribution in [2.24, 2.45) is 0 Å². The van der Waals surface area contributed by atoms with Gasteiger partial charge in [-0.3, -0.25) is 9.69 Å². The van der Waals surface area contributed by atoms with Gasteiger partial charge in [-0.25, -0.2) is 8.42 Å². The van der Waals surface area contributed by atoms with Gasteiger partial charge in [-0.2, -0.15) is 0 Å².